The Balaban J connectivity index is 2.18. The molecule has 0 amide bonds. The summed E-state index contributed by atoms with van der Waals surface area (Å²) in [7, 11) is 0. The van der Waals surface area contributed by atoms with E-state index in [0.29, 0.717) is 17.9 Å². The van der Waals surface area contributed by atoms with E-state index in [9.17, 15) is 5.11 Å². The van der Waals surface area contributed by atoms with Crippen LogP contribution in [0.5, 0.6) is 0 Å². The molecule has 2 rings (SSSR count). The van der Waals surface area contributed by atoms with E-state index in [0.717, 1.165) is 18.5 Å². The van der Waals surface area contributed by atoms with Crippen molar-refractivity contribution in [3.05, 3.63) is 35.9 Å². The molecule has 19 heavy (non-hydrogen) atoms. The van der Waals surface area contributed by atoms with Crippen LogP contribution in [-0.2, 0) is 5.60 Å². The highest BCUT2D eigenvalue weighted by Crippen LogP contribution is 2.35. The standard InChI is InChI=1S/C17H27NO/c1-13(2)11-18-12-14(3)17(19,10-15(18)4)16-8-6-5-7-9-16/h5-9,13-15,19H,10-12H2,1-4H3/p+1/t14-,15-,17+/m1/s1. The molecule has 1 unspecified atom stereocenters. The number of piperidine rings is 1. The fourth-order valence-corrected chi connectivity index (χ4v) is 3.51. The van der Waals surface area contributed by atoms with E-state index in [1.807, 2.05) is 18.2 Å². The molecule has 1 saturated heterocycles. The first kappa shape index (κ1) is 14.5. The maximum atomic E-state index is 11.1. The first-order chi connectivity index (χ1) is 8.93. The van der Waals surface area contributed by atoms with E-state index in [-0.39, 0.29) is 0 Å². The number of rotatable bonds is 3. The molecule has 0 aromatic heterocycles. The lowest BCUT2D eigenvalue weighted by Crippen LogP contribution is -3.18. The van der Waals surface area contributed by atoms with Gasteiger partial charge in [0.15, 0.2) is 0 Å². The van der Waals surface area contributed by atoms with Crippen molar-refractivity contribution in [3.63, 3.8) is 0 Å². The molecule has 4 atom stereocenters. The topological polar surface area (TPSA) is 24.7 Å². The Morgan fingerprint density at radius 3 is 2.47 bits per heavy atom. The number of hydrogen-bond acceptors (Lipinski definition) is 1. The van der Waals surface area contributed by atoms with Gasteiger partial charge in [0.25, 0.3) is 0 Å². The molecule has 0 radical (unpaired) electrons. The van der Waals surface area contributed by atoms with Crippen molar-refractivity contribution in [2.75, 3.05) is 13.1 Å². The van der Waals surface area contributed by atoms with Crippen LogP contribution in [0.25, 0.3) is 0 Å². The normalized spacial score (nSPS) is 35.6. The quantitative estimate of drug-likeness (QED) is 0.854. The Morgan fingerprint density at radius 2 is 1.89 bits per heavy atom. The van der Waals surface area contributed by atoms with Crippen LogP contribution in [-0.4, -0.2) is 24.2 Å². The lowest BCUT2D eigenvalue weighted by Gasteiger charge is -2.45. The van der Waals surface area contributed by atoms with Gasteiger partial charge in [-0.3, -0.25) is 0 Å². The smallest absolute Gasteiger partial charge is 0.103 e. The minimum atomic E-state index is -0.652. The summed E-state index contributed by atoms with van der Waals surface area (Å²) in [4.78, 5) is 1.64. The van der Waals surface area contributed by atoms with Crippen LogP contribution < -0.4 is 4.90 Å². The van der Waals surface area contributed by atoms with Crippen LogP contribution in [0.4, 0.5) is 0 Å². The van der Waals surface area contributed by atoms with E-state index in [1.165, 1.54) is 6.54 Å². The van der Waals surface area contributed by atoms with Gasteiger partial charge in [-0.15, -0.1) is 0 Å². The van der Waals surface area contributed by atoms with Crippen molar-refractivity contribution >= 4 is 0 Å². The van der Waals surface area contributed by atoms with Gasteiger partial charge in [-0.25, -0.2) is 0 Å². The van der Waals surface area contributed by atoms with Crippen LogP contribution in [0.1, 0.15) is 39.7 Å². The highest BCUT2D eigenvalue weighted by molar-refractivity contribution is 5.23. The molecular weight excluding hydrogens is 234 g/mol. The second kappa shape index (κ2) is 5.64. The Bertz CT molecular complexity index is 403. The van der Waals surface area contributed by atoms with Gasteiger partial charge < -0.3 is 10.0 Å². The number of aliphatic hydroxyl groups is 1. The van der Waals surface area contributed by atoms with Gasteiger partial charge in [-0.1, -0.05) is 51.1 Å². The van der Waals surface area contributed by atoms with E-state index >= 15 is 0 Å². The lowest BCUT2D eigenvalue weighted by molar-refractivity contribution is -0.938. The van der Waals surface area contributed by atoms with Gasteiger partial charge >= 0.3 is 0 Å². The number of nitrogens with one attached hydrogen (secondary N) is 1. The second-order valence-corrected chi connectivity index (χ2v) is 6.76. The highest BCUT2D eigenvalue weighted by Gasteiger charge is 2.45. The summed E-state index contributed by atoms with van der Waals surface area (Å²) in [5, 5.41) is 11.1. The first-order valence-corrected chi connectivity index (χ1v) is 7.56. The van der Waals surface area contributed by atoms with E-state index < -0.39 is 5.60 Å². The Morgan fingerprint density at radius 1 is 1.26 bits per heavy atom. The third-order valence-electron chi connectivity index (χ3n) is 4.64. The molecule has 2 heteroatoms. The maximum absolute atomic E-state index is 11.1. The Labute approximate surface area is 117 Å². The van der Waals surface area contributed by atoms with Crippen molar-refractivity contribution in [1.29, 1.82) is 0 Å². The zero-order valence-electron chi connectivity index (χ0n) is 12.7. The van der Waals surface area contributed by atoms with Gasteiger partial charge in [-0.2, -0.15) is 0 Å². The number of hydrogen-bond donors (Lipinski definition) is 2. The molecule has 0 bridgehead atoms. The second-order valence-electron chi connectivity index (χ2n) is 6.76. The number of quaternary nitrogens is 1. The minimum Gasteiger partial charge on any atom is -0.384 e. The fraction of sp³-hybridized carbons (Fsp3) is 0.647. The molecule has 0 saturated carbocycles. The molecule has 1 heterocycles. The largest absolute Gasteiger partial charge is 0.384 e. The van der Waals surface area contributed by atoms with Crippen molar-refractivity contribution in [2.24, 2.45) is 11.8 Å². The van der Waals surface area contributed by atoms with Gasteiger partial charge in [0.1, 0.15) is 5.60 Å². The SMILES string of the molecule is CC(C)C[NH+]1C[C@@H](C)[C@](O)(c2ccccc2)C[C@H]1C. The zero-order chi connectivity index (χ0) is 14.0. The van der Waals surface area contributed by atoms with Crippen LogP contribution in [0, 0.1) is 11.8 Å². The summed E-state index contributed by atoms with van der Waals surface area (Å²) in [6, 6.07) is 10.7. The summed E-state index contributed by atoms with van der Waals surface area (Å²) < 4.78 is 0. The molecule has 1 aliphatic heterocycles. The van der Waals surface area contributed by atoms with Crippen LogP contribution in [0.3, 0.4) is 0 Å². The molecule has 106 valence electrons. The summed E-state index contributed by atoms with van der Waals surface area (Å²) >= 11 is 0. The molecular formula is C17H28NO+. The van der Waals surface area contributed by atoms with Crippen molar-refractivity contribution in [2.45, 2.75) is 45.8 Å². The third kappa shape index (κ3) is 3.01. The predicted octanol–water partition coefficient (Wildman–Crippen LogP) is 1.84. The molecule has 2 N–H and O–H groups in total. The third-order valence-corrected chi connectivity index (χ3v) is 4.64. The van der Waals surface area contributed by atoms with Crippen molar-refractivity contribution < 1.29 is 10.0 Å². The van der Waals surface area contributed by atoms with Crippen molar-refractivity contribution in [3.8, 4) is 0 Å². The van der Waals surface area contributed by atoms with Gasteiger partial charge in [0.05, 0.1) is 19.1 Å². The molecule has 0 spiro atoms. The van der Waals surface area contributed by atoms with Crippen LogP contribution in [0.15, 0.2) is 30.3 Å². The molecule has 2 nitrogen and oxygen atoms in total. The Hall–Kier alpha value is -0.860. The summed E-state index contributed by atoms with van der Waals surface area (Å²) in [6.07, 6.45) is 0.861. The number of likely N-dealkylation sites (tertiary alicyclic amines) is 1. The van der Waals surface area contributed by atoms with Crippen molar-refractivity contribution in [1.82, 2.24) is 0 Å². The molecule has 1 aliphatic rings. The molecule has 0 aliphatic carbocycles. The van der Waals surface area contributed by atoms with E-state index in [1.54, 1.807) is 4.90 Å². The summed E-state index contributed by atoms with van der Waals surface area (Å²) in [5.74, 6) is 1.02. The fourth-order valence-electron chi connectivity index (χ4n) is 3.51. The highest BCUT2D eigenvalue weighted by atomic mass is 16.3. The average Bonchev–Trinajstić information content (AvgIpc) is 2.36. The van der Waals surface area contributed by atoms with Gasteiger partial charge in [0, 0.05) is 18.3 Å². The monoisotopic (exact) mass is 262 g/mol. The van der Waals surface area contributed by atoms with Gasteiger partial charge in [-0.05, 0) is 12.5 Å². The Kier molecular flexibility index (Phi) is 4.32. The molecule has 1 aromatic carbocycles. The summed E-state index contributed by atoms with van der Waals surface area (Å²) in [5.41, 5.74) is 0.430. The maximum Gasteiger partial charge on any atom is 0.103 e. The first-order valence-electron chi connectivity index (χ1n) is 7.56. The lowest BCUT2D eigenvalue weighted by atomic mass is 9.74. The van der Waals surface area contributed by atoms with Crippen LogP contribution >= 0.6 is 0 Å². The van der Waals surface area contributed by atoms with E-state index in [2.05, 4.69) is 39.8 Å². The molecule has 1 aromatic rings. The number of benzene rings is 1. The summed E-state index contributed by atoms with van der Waals surface area (Å²) in [6.45, 7) is 11.3. The average molecular weight is 262 g/mol. The minimum absolute atomic E-state index is 0.305. The zero-order valence-corrected chi connectivity index (χ0v) is 12.7. The predicted molar refractivity (Wildman–Crippen MR) is 79.1 cm³/mol. The van der Waals surface area contributed by atoms with Crippen LogP contribution in [0.2, 0.25) is 0 Å². The van der Waals surface area contributed by atoms with E-state index in [4.69, 9.17) is 0 Å². The molecule has 1 fully saturated rings. The van der Waals surface area contributed by atoms with Gasteiger partial charge in [0.2, 0.25) is 0 Å².